The molecule has 0 aliphatic rings. The molecule has 3 heteroatoms. The first-order valence-electron chi connectivity index (χ1n) is 7.86. The van der Waals surface area contributed by atoms with Gasteiger partial charge in [0.15, 0.2) is 0 Å². The van der Waals surface area contributed by atoms with E-state index < -0.39 is 0 Å². The molecular weight excluding hydrogens is 296 g/mol. The van der Waals surface area contributed by atoms with Crippen molar-refractivity contribution in [3.63, 3.8) is 0 Å². The van der Waals surface area contributed by atoms with Gasteiger partial charge >= 0.3 is 0 Å². The molecule has 0 saturated carbocycles. The summed E-state index contributed by atoms with van der Waals surface area (Å²) in [6.07, 6.45) is 0.848. The number of aldehydes is 1. The minimum atomic E-state index is 0.646. The van der Waals surface area contributed by atoms with Crippen LogP contribution in [0.4, 0.5) is 0 Å². The first kappa shape index (κ1) is 14.4. The Hall–Kier alpha value is -3.20. The van der Waals surface area contributed by atoms with Gasteiger partial charge < -0.3 is 4.98 Å². The summed E-state index contributed by atoms with van der Waals surface area (Å²) in [6.45, 7) is 2.11. The first-order chi connectivity index (χ1) is 11.8. The zero-order valence-electron chi connectivity index (χ0n) is 13.3. The van der Waals surface area contributed by atoms with Crippen LogP contribution in [0.2, 0.25) is 0 Å². The lowest BCUT2D eigenvalue weighted by atomic mass is 9.96. The molecule has 24 heavy (non-hydrogen) atoms. The summed E-state index contributed by atoms with van der Waals surface area (Å²) in [7, 11) is 0. The molecule has 0 bridgehead atoms. The van der Waals surface area contributed by atoms with Crippen LogP contribution < -0.4 is 0 Å². The fraction of sp³-hybridized carbons (Fsp3) is 0.0476. The molecule has 3 aromatic carbocycles. The number of aromatic amines is 1. The summed E-state index contributed by atoms with van der Waals surface area (Å²) >= 11 is 0. The van der Waals surface area contributed by atoms with Gasteiger partial charge in [-0.3, -0.25) is 4.79 Å². The zero-order valence-corrected chi connectivity index (χ0v) is 13.3. The van der Waals surface area contributed by atoms with Crippen LogP contribution in [0.3, 0.4) is 0 Å². The molecule has 0 spiro atoms. The molecule has 1 aromatic heterocycles. The van der Waals surface area contributed by atoms with Crippen molar-refractivity contribution in [1.29, 1.82) is 0 Å². The predicted molar refractivity (Wildman–Crippen MR) is 97.1 cm³/mol. The largest absolute Gasteiger partial charge is 0.338 e. The number of H-pyrrole nitrogens is 1. The van der Waals surface area contributed by atoms with Gasteiger partial charge in [-0.1, -0.05) is 48.5 Å². The second kappa shape index (κ2) is 5.78. The van der Waals surface area contributed by atoms with Crippen LogP contribution in [0.5, 0.6) is 0 Å². The van der Waals surface area contributed by atoms with Crippen molar-refractivity contribution in [2.24, 2.45) is 0 Å². The molecule has 116 valence electrons. The lowest BCUT2D eigenvalue weighted by Gasteiger charge is -2.10. The van der Waals surface area contributed by atoms with E-state index in [0.717, 1.165) is 28.7 Å². The van der Waals surface area contributed by atoms with Gasteiger partial charge in [-0.2, -0.15) is 0 Å². The highest BCUT2D eigenvalue weighted by atomic mass is 16.1. The van der Waals surface area contributed by atoms with Crippen LogP contribution in [0.15, 0.2) is 66.7 Å². The normalized spacial score (nSPS) is 10.9. The molecule has 3 nitrogen and oxygen atoms in total. The molecule has 0 amide bonds. The van der Waals surface area contributed by atoms with E-state index in [1.807, 2.05) is 30.3 Å². The molecule has 4 rings (SSSR count). The third-order valence-electron chi connectivity index (χ3n) is 4.32. The van der Waals surface area contributed by atoms with Gasteiger partial charge in [0.2, 0.25) is 0 Å². The third-order valence-corrected chi connectivity index (χ3v) is 4.32. The Morgan fingerprint density at radius 1 is 0.917 bits per heavy atom. The van der Waals surface area contributed by atoms with Gasteiger partial charge in [-0.05, 0) is 41.8 Å². The van der Waals surface area contributed by atoms with E-state index in [9.17, 15) is 4.79 Å². The number of carbonyl (C=O) groups excluding carboxylic acids is 1. The van der Waals surface area contributed by atoms with Crippen LogP contribution >= 0.6 is 0 Å². The van der Waals surface area contributed by atoms with E-state index in [2.05, 4.69) is 47.2 Å². The van der Waals surface area contributed by atoms with E-state index in [1.165, 1.54) is 16.7 Å². The number of hydrogen-bond acceptors (Lipinski definition) is 2. The Kier molecular flexibility index (Phi) is 3.47. The predicted octanol–water partition coefficient (Wildman–Crippen LogP) is 5.02. The fourth-order valence-electron chi connectivity index (χ4n) is 3.05. The lowest BCUT2D eigenvalue weighted by Crippen LogP contribution is -1.89. The number of fused-ring (bicyclic) bond motifs is 1. The monoisotopic (exact) mass is 312 g/mol. The number of aromatic nitrogens is 2. The summed E-state index contributed by atoms with van der Waals surface area (Å²) in [5, 5.41) is 0. The minimum Gasteiger partial charge on any atom is -0.338 e. The van der Waals surface area contributed by atoms with Crippen LogP contribution in [0.25, 0.3) is 33.5 Å². The fourth-order valence-corrected chi connectivity index (χ4v) is 3.05. The van der Waals surface area contributed by atoms with Crippen molar-refractivity contribution in [1.82, 2.24) is 9.97 Å². The topological polar surface area (TPSA) is 45.8 Å². The summed E-state index contributed by atoms with van der Waals surface area (Å²) in [6, 6.07) is 22.1. The molecule has 1 N–H and O–H groups in total. The second-order valence-corrected chi connectivity index (χ2v) is 5.82. The van der Waals surface area contributed by atoms with E-state index >= 15 is 0 Å². The molecule has 4 aromatic rings. The molecule has 0 radical (unpaired) electrons. The maximum absolute atomic E-state index is 10.9. The zero-order chi connectivity index (χ0) is 16.5. The average molecular weight is 312 g/mol. The highest BCUT2D eigenvalue weighted by Gasteiger charge is 2.11. The number of hydrogen-bond donors (Lipinski definition) is 1. The Morgan fingerprint density at radius 2 is 1.71 bits per heavy atom. The molecule has 0 aliphatic heterocycles. The van der Waals surface area contributed by atoms with Crippen molar-refractivity contribution < 1.29 is 4.79 Å². The van der Waals surface area contributed by atoms with Gasteiger partial charge in [0, 0.05) is 11.1 Å². The van der Waals surface area contributed by atoms with Gasteiger partial charge in [0.25, 0.3) is 0 Å². The summed E-state index contributed by atoms with van der Waals surface area (Å²) in [4.78, 5) is 19.0. The number of carbonyl (C=O) groups is 1. The van der Waals surface area contributed by atoms with Crippen LogP contribution in [-0.4, -0.2) is 16.3 Å². The van der Waals surface area contributed by atoms with Crippen molar-refractivity contribution in [2.75, 3.05) is 0 Å². The number of nitrogens with one attached hydrogen (secondary N) is 1. The summed E-state index contributed by atoms with van der Waals surface area (Å²) < 4.78 is 0. The van der Waals surface area contributed by atoms with E-state index in [0.29, 0.717) is 5.56 Å². The van der Waals surface area contributed by atoms with Gasteiger partial charge in [0.05, 0.1) is 11.0 Å². The standard InChI is InChI=1S/C21H16N2O/c1-14-17(16-6-3-2-4-7-16)8-5-9-18(14)21-22-19-11-10-15(13-24)12-20(19)23-21/h2-13H,1H3,(H,22,23). The highest BCUT2D eigenvalue weighted by molar-refractivity contribution is 5.87. The minimum absolute atomic E-state index is 0.646. The Morgan fingerprint density at radius 3 is 2.50 bits per heavy atom. The van der Waals surface area contributed by atoms with Gasteiger partial charge in [-0.15, -0.1) is 0 Å². The van der Waals surface area contributed by atoms with E-state index in [-0.39, 0.29) is 0 Å². The SMILES string of the molecule is Cc1c(-c2ccccc2)cccc1-c1nc2ccc(C=O)cc2[nH]1. The Labute approximate surface area is 140 Å². The lowest BCUT2D eigenvalue weighted by molar-refractivity contribution is 0.112. The first-order valence-corrected chi connectivity index (χ1v) is 7.86. The van der Waals surface area contributed by atoms with Crippen molar-refractivity contribution in [3.8, 4) is 22.5 Å². The van der Waals surface area contributed by atoms with Crippen molar-refractivity contribution >= 4 is 17.3 Å². The Balaban J connectivity index is 1.86. The Bertz CT molecular complexity index is 1030. The third kappa shape index (κ3) is 2.40. The van der Waals surface area contributed by atoms with Crippen molar-refractivity contribution in [2.45, 2.75) is 6.92 Å². The molecule has 0 unspecified atom stereocenters. The number of rotatable bonds is 3. The molecule has 0 fully saturated rings. The van der Waals surface area contributed by atoms with E-state index in [1.54, 1.807) is 6.07 Å². The summed E-state index contributed by atoms with van der Waals surface area (Å²) in [5.41, 5.74) is 7.02. The maximum Gasteiger partial charge on any atom is 0.150 e. The highest BCUT2D eigenvalue weighted by Crippen LogP contribution is 2.31. The molecule has 0 atom stereocenters. The molecule has 0 aliphatic carbocycles. The smallest absolute Gasteiger partial charge is 0.150 e. The second-order valence-electron chi connectivity index (χ2n) is 5.82. The summed E-state index contributed by atoms with van der Waals surface area (Å²) in [5.74, 6) is 0.823. The van der Waals surface area contributed by atoms with Gasteiger partial charge in [-0.25, -0.2) is 4.98 Å². The molecule has 1 heterocycles. The van der Waals surface area contributed by atoms with Crippen LogP contribution in [0, 0.1) is 6.92 Å². The maximum atomic E-state index is 10.9. The van der Waals surface area contributed by atoms with Crippen molar-refractivity contribution in [3.05, 3.63) is 77.9 Å². The number of nitrogens with zero attached hydrogens (tertiary/aromatic N) is 1. The molecule has 0 saturated heterocycles. The molecular formula is C21H16N2O. The quantitative estimate of drug-likeness (QED) is 0.540. The average Bonchev–Trinajstić information content (AvgIpc) is 3.05. The van der Waals surface area contributed by atoms with E-state index in [4.69, 9.17) is 0 Å². The number of benzene rings is 3. The number of imidazole rings is 1. The van der Waals surface area contributed by atoms with Crippen LogP contribution in [-0.2, 0) is 0 Å². The van der Waals surface area contributed by atoms with Crippen LogP contribution in [0.1, 0.15) is 15.9 Å². The van der Waals surface area contributed by atoms with Gasteiger partial charge in [0.1, 0.15) is 12.1 Å².